The molecule has 0 radical (unpaired) electrons. The number of benzene rings is 1. The van der Waals surface area contributed by atoms with Crippen LogP contribution in [0.1, 0.15) is 18.9 Å². The molecule has 1 aromatic rings. The zero-order valence-electron chi connectivity index (χ0n) is 8.33. The minimum atomic E-state index is -0.0565. The average molecular weight is 191 g/mol. The first kappa shape index (κ1) is 9.06. The Bertz CT molecular complexity index is 374. The number of aryl methyl sites for hydroxylation is 1. The van der Waals surface area contributed by atoms with Crippen LogP contribution >= 0.6 is 0 Å². The number of hydrogen-bond donors (Lipinski definition) is 1. The molecule has 74 valence electrons. The molecule has 1 atom stereocenters. The highest BCUT2D eigenvalue weighted by molar-refractivity contribution is 5.93. The van der Waals surface area contributed by atoms with E-state index in [1.54, 1.807) is 0 Å². The Morgan fingerprint density at radius 2 is 2.29 bits per heavy atom. The number of ether oxygens (including phenoxy) is 1. The number of rotatable bonds is 0. The van der Waals surface area contributed by atoms with Gasteiger partial charge in [0, 0.05) is 0 Å². The van der Waals surface area contributed by atoms with Crippen LogP contribution in [0, 0.1) is 6.92 Å². The van der Waals surface area contributed by atoms with Gasteiger partial charge in [0.25, 0.3) is 0 Å². The lowest BCUT2D eigenvalue weighted by molar-refractivity contribution is -0.117. The second-order valence-electron chi connectivity index (χ2n) is 3.68. The van der Waals surface area contributed by atoms with E-state index in [9.17, 15) is 4.79 Å². The van der Waals surface area contributed by atoms with Crippen LogP contribution in [0.15, 0.2) is 18.2 Å². The molecule has 1 heterocycles. The molecule has 3 nitrogen and oxygen atoms in total. The molecule has 0 fully saturated rings. The van der Waals surface area contributed by atoms with Gasteiger partial charge >= 0.3 is 0 Å². The van der Waals surface area contributed by atoms with Crippen LogP contribution in [0.4, 0.5) is 5.69 Å². The normalized spacial score (nSPS) is 20.4. The highest BCUT2D eigenvalue weighted by atomic mass is 16.5. The number of fused-ring (bicyclic) bond motifs is 1. The summed E-state index contributed by atoms with van der Waals surface area (Å²) in [5, 5.41) is 2.83. The van der Waals surface area contributed by atoms with Gasteiger partial charge in [-0.1, -0.05) is 6.07 Å². The summed E-state index contributed by atoms with van der Waals surface area (Å²) < 4.78 is 5.60. The Labute approximate surface area is 83.1 Å². The largest absolute Gasteiger partial charge is 0.488 e. The molecule has 0 aliphatic carbocycles. The van der Waals surface area contributed by atoms with E-state index in [-0.39, 0.29) is 12.0 Å². The van der Waals surface area contributed by atoms with Gasteiger partial charge in [0.15, 0.2) is 0 Å². The summed E-state index contributed by atoms with van der Waals surface area (Å²) in [5.41, 5.74) is 1.89. The van der Waals surface area contributed by atoms with Crippen molar-refractivity contribution in [3.8, 4) is 5.75 Å². The van der Waals surface area contributed by atoms with E-state index in [0.29, 0.717) is 6.42 Å². The first-order valence-corrected chi connectivity index (χ1v) is 4.72. The van der Waals surface area contributed by atoms with E-state index in [1.165, 1.54) is 0 Å². The average Bonchev–Trinajstić information content (AvgIpc) is 2.21. The van der Waals surface area contributed by atoms with Crippen LogP contribution in [0.5, 0.6) is 5.75 Å². The fourth-order valence-electron chi connectivity index (χ4n) is 1.57. The van der Waals surface area contributed by atoms with Crippen LogP contribution < -0.4 is 10.1 Å². The summed E-state index contributed by atoms with van der Waals surface area (Å²) in [6.07, 6.45) is 0.354. The number of amides is 1. The van der Waals surface area contributed by atoms with Crippen molar-refractivity contribution in [3.63, 3.8) is 0 Å². The van der Waals surface area contributed by atoms with Gasteiger partial charge in [-0.15, -0.1) is 0 Å². The molecule has 1 aliphatic rings. The summed E-state index contributed by atoms with van der Waals surface area (Å²) in [4.78, 5) is 11.4. The number of carbonyl (C=O) groups is 1. The van der Waals surface area contributed by atoms with Crippen LogP contribution in [0.3, 0.4) is 0 Å². The molecule has 1 amide bonds. The predicted molar refractivity (Wildman–Crippen MR) is 54.5 cm³/mol. The summed E-state index contributed by atoms with van der Waals surface area (Å²) in [7, 11) is 0. The highest BCUT2D eigenvalue weighted by Gasteiger charge is 2.18. The van der Waals surface area contributed by atoms with Crippen molar-refractivity contribution in [1.29, 1.82) is 0 Å². The molecule has 1 aliphatic heterocycles. The lowest BCUT2D eigenvalue weighted by Crippen LogP contribution is -2.17. The molecule has 0 saturated heterocycles. The number of anilines is 1. The van der Waals surface area contributed by atoms with Gasteiger partial charge in [-0.25, -0.2) is 0 Å². The maximum Gasteiger partial charge on any atom is 0.228 e. The third-order valence-electron chi connectivity index (χ3n) is 2.21. The SMILES string of the molecule is Cc1ccc2c(c1)NC(=O)C[C@H](C)O2. The van der Waals surface area contributed by atoms with Gasteiger partial charge in [-0.05, 0) is 31.5 Å². The zero-order valence-corrected chi connectivity index (χ0v) is 8.33. The third kappa shape index (κ3) is 1.71. The fourth-order valence-corrected chi connectivity index (χ4v) is 1.57. The van der Waals surface area contributed by atoms with Crippen molar-refractivity contribution < 1.29 is 9.53 Å². The second kappa shape index (κ2) is 3.33. The lowest BCUT2D eigenvalue weighted by Gasteiger charge is -2.11. The van der Waals surface area contributed by atoms with E-state index in [2.05, 4.69) is 5.32 Å². The molecular formula is C11H13NO2. The van der Waals surface area contributed by atoms with E-state index in [1.807, 2.05) is 32.0 Å². The maximum absolute atomic E-state index is 11.4. The Kier molecular flexibility index (Phi) is 2.15. The third-order valence-corrected chi connectivity index (χ3v) is 2.21. The molecule has 0 bridgehead atoms. The molecule has 0 unspecified atom stereocenters. The number of hydrogen-bond acceptors (Lipinski definition) is 2. The van der Waals surface area contributed by atoms with Crippen molar-refractivity contribution in [2.45, 2.75) is 26.4 Å². The zero-order chi connectivity index (χ0) is 10.1. The minimum Gasteiger partial charge on any atom is -0.488 e. The second-order valence-corrected chi connectivity index (χ2v) is 3.68. The smallest absolute Gasteiger partial charge is 0.228 e. The predicted octanol–water partition coefficient (Wildman–Crippen LogP) is 2.10. The number of carbonyl (C=O) groups excluding carboxylic acids is 1. The summed E-state index contributed by atoms with van der Waals surface area (Å²) in [6.45, 7) is 3.88. The molecule has 3 heteroatoms. The topological polar surface area (TPSA) is 38.3 Å². The first-order chi connectivity index (χ1) is 6.65. The van der Waals surface area contributed by atoms with E-state index >= 15 is 0 Å². The first-order valence-electron chi connectivity index (χ1n) is 4.72. The lowest BCUT2D eigenvalue weighted by atomic mass is 10.2. The van der Waals surface area contributed by atoms with Crippen LogP contribution in [-0.2, 0) is 4.79 Å². The van der Waals surface area contributed by atoms with Crippen molar-refractivity contribution in [3.05, 3.63) is 23.8 Å². The Hall–Kier alpha value is -1.51. The van der Waals surface area contributed by atoms with Crippen LogP contribution in [0.25, 0.3) is 0 Å². The Balaban J connectivity index is 2.41. The Morgan fingerprint density at radius 1 is 1.50 bits per heavy atom. The standard InChI is InChI=1S/C11H13NO2/c1-7-3-4-10-9(5-7)12-11(13)6-8(2)14-10/h3-5,8H,6H2,1-2H3,(H,12,13)/t8-/m0/s1. The monoisotopic (exact) mass is 191 g/mol. The quantitative estimate of drug-likeness (QED) is 0.682. The van der Waals surface area contributed by atoms with Crippen LogP contribution in [0.2, 0.25) is 0 Å². The molecular weight excluding hydrogens is 178 g/mol. The molecule has 14 heavy (non-hydrogen) atoms. The van der Waals surface area contributed by atoms with E-state index < -0.39 is 0 Å². The van der Waals surface area contributed by atoms with E-state index in [4.69, 9.17) is 4.74 Å². The molecule has 0 spiro atoms. The maximum atomic E-state index is 11.4. The van der Waals surface area contributed by atoms with Gasteiger partial charge in [-0.2, -0.15) is 0 Å². The van der Waals surface area contributed by atoms with Gasteiger partial charge in [0.1, 0.15) is 11.9 Å². The minimum absolute atomic E-state index is 0.0156. The molecule has 2 rings (SSSR count). The number of nitrogens with one attached hydrogen (secondary N) is 1. The van der Waals surface area contributed by atoms with E-state index in [0.717, 1.165) is 17.0 Å². The summed E-state index contributed by atoms with van der Waals surface area (Å²) in [6, 6.07) is 5.79. The molecule has 0 aromatic heterocycles. The Morgan fingerprint density at radius 3 is 3.07 bits per heavy atom. The van der Waals surface area contributed by atoms with Gasteiger partial charge in [0.05, 0.1) is 12.1 Å². The van der Waals surface area contributed by atoms with Gasteiger partial charge in [-0.3, -0.25) is 4.79 Å². The highest BCUT2D eigenvalue weighted by Crippen LogP contribution is 2.29. The summed E-state index contributed by atoms with van der Waals surface area (Å²) in [5.74, 6) is 0.774. The fraction of sp³-hybridized carbons (Fsp3) is 0.364. The van der Waals surface area contributed by atoms with Crippen molar-refractivity contribution in [1.82, 2.24) is 0 Å². The van der Waals surface area contributed by atoms with Crippen molar-refractivity contribution >= 4 is 11.6 Å². The van der Waals surface area contributed by atoms with Gasteiger partial charge in [0.2, 0.25) is 5.91 Å². The van der Waals surface area contributed by atoms with Crippen molar-refractivity contribution in [2.24, 2.45) is 0 Å². The van der Waals surface area contributed by atoms with Crippen LogP contribution in [-0.4, -0.2) is 12.0 Å². The molecule has 1 N–H and O–H groups in total. The summed E-state index contributed by atoms with van der Waals surface area (Å²) >= 11 is 0. The molecule has 0 saturated carbocycles. The molecule has 1 aromatic carbocycles. The van der Waals surface area contributed by atoms with Crippen molar-refractivity contribution in [2.75, 3.05) is 5.32 Å². The van der Waals surface area contributed by atoms with Gasteiger partial charge < -0.3 is 10.1 Å².